The van der Waals surface area contributed by atoms with E-state index in [1.54, 1.807) is 0 Å². The molecule has 0 aliphatic carbocycles. The van der Waals surface area contributed by atoms with Gasteiger partial charge < -0.3 is 9.79 Å². The van der Waals surface area contributed by atoms with Crippen LogP contribution in [0.15, 0.2) is 0 Å². The van der Waals surface area contributed by atoms with Crippen molar-refractivity contribution < 1.29 is 18.5 Å². The highest BCUT2D eigenvalue weighted by atomic mass is 31.2. The predicted molar refractivity (Wildman–Crippen MR) is 175 cm³/mol. The maximum atomic E-state index is 12.0. The van der Waals surface area contributed by atoms with Gasteiger partial charge in [0.15, 0.2) is 0 Å². The van der Waals surface area contributed by atoms with Gasteiger partial charge in [0.1, 0.15) is 0 Å². The number of rotatable bonds is 34. The van der Waals surface area contributed by atoms with Gasteiger partial charge >= 0.3 is 7.82 Å². The Bertz CT molecular complexity index is 518. The number of hydrogen-bond donors (Lipinski definition) is 1. The third-order valence-corrected chi connectivity index (χ3v) is 9.05. The van der Waals surface area contributed by atoms with Crippen LogP contribution in [0.2, 0.25) is 0 Å². The predicted octanol–water partition coefficient (Wildman–Crippen LogP) is 11.6. The summed E-state index contributed by atoms with van der Waals surface area (Å²) in [4.78, 5) is 12.6. The molecule has 242 valence electrons. The molecule has 0 saturated carbocycles. The van der Waals surface area contributed by atoms with Crippen LogP contribution in [0, 0.1) is 0 Å². The van der Waals surface area contributed by atoms with Crippen molar-refractivity contribution in [3.05, 3.63) is 0 Å². The quantitative estimate of drug-likeness (QED) is 0.0597. The van der Waals surface area contributed by atoms with E-state index in [9.17, 15) is 9.46 Å². The fourth-order valence-corrected chi connectivity index (χ4v) is 6.14. The normalized spacial score (nSPS) is 13.3. The lowest BCUT2D eigenvalue weighted by Crippen LogP contribution is -2.27. The van der Waals surface area contributed by atoms with Crippen LogP contribution in [0.3, 0.4) is 0 Å². The molecule has 5 nitrogen and oxygen atoms in total. The van der Waals surface area contributed by atoms with Gasteiger partial charge in [-0.1, -0.05) is 156 Å². The Balaban J connectivity index is 3.77. The van der Waals surface area contributed by atoms with E-state index in [1.807, 2.05) is 0 Å². The summed E-state index contributed by atoms with van der Waals surface area (Å²) in [6.45, 7) is 11.3. The average Bonchev–Trinajstić information content (AvgIpc) is 2.94. The Labute approximate surface area is 251 Å². The molecule has 0 bridgehead atoms. The third kappa shape index (κ3) is 31.0. The van der Waals surface area contributed by atoms with Crippen molar-refractivity contribution in [2.45, 2.75) is 188 Å². The summed E-state index contributed by atoms with van der Waals surface area (Å²) in [6, 6.07) is 0. The standard InChI is InChI=1S/C34H72NO4P/c1-4-7-10-13-18-23-28-33-38-40(36,37)39-34-29-24-19-16-17-22-27-32-35(30-25-20-14-11-8-5-2)31-26-21-15-12-9-6-3/h4-34H2,1-3H3,(H,36,37). The smallest absolute Gasteiger partial charge is 0.303 e. The summed E-state index contributed by atoms with van der Waals surface area (Å²) in [7, 11) is -3.87. The SMILES string of the molecule is CCCCCCCCCOP(=O)(O)OCCCCCCCCCN(CCCCCCCC)CCCCCCCC. The van der Waals surface area contributed by atoms with Gasteiger partial charge in [-0.15, -0.1) is 0 Å². The van der Waals surface area contributed by atoms with Gasteiger partial charge in [-0.2, -0.15) is 0 Å². The molecule has 0 aromatic heterocycles. The monoisotopic (exact) mass is 590 g/mol. The summed E-state index contributed by atoms with van der Waals surface area (Å²) in [5.41, 5.74) is 0. The molecule has 0 aromatic carbocycles. The molecule has 1 unspecified atom stereocenters. The molecule has 0 aromatic rings. The van der Waals surface area contributed by atoms with Gasteiger partial charge in [0.25, 0.3) is 0 Å². The fourth-order valence-electron chi connectivity index (χ4n) is 5.34. The molecule has 0 aliphatic heterocycles. The number of phosphoric ester groups is 1. The maximum absolute atomic E-state index is 12.0. The largest absolute Gasteiger partial charge is 0.472 e. The Hall–Kier alpha value is 0.0700. The molecule has 0 spiro atoms. The highest BCUT2D eigenvalue weighted by Gasteiger charge is 2.19. The van der Waals surface area contributed by atoms with Crippen LogP contribution in [0.5, 0.6) is 0 Å². The maximum Gasteiger partial charge on any atom is 0.472 e. The first-order chi connectivity index (χ1) is 19.6. The molecule has 0 amide bonds. The Morgan fingerprint density at radius 1 is 0.425 bits per heavy atom. The highest BCUT2D eigenvalue weighted by Crippen LogP contribution is 2.43. The average molecular weight is 590 g/mol. The molecule has 0 heterocycles. The summed E-state index contributed by atoms with van der Waals surface area (Å²) in [5, 5.41) is 0. The molecular formula is C34H72NO4P. The Kier molecular flexibility index (Phi) is 32.0. The lowest BCUT2D eigenvalue weighted by atomic mass is 10.1. The minimum absolute atomic E-state index is 0.316. The lowest BCUT2D eigenvalue weighted by Gasteiger charge is -2.22. The number of hydrogen-bond acceptors (Lipinski definition) is 4. The molecule has 0 fully saturated rings. The molecule has 0 radical (unpaired) electrons. The lowest BCUT2D eigenvalue weighted by molar-refractivity contribution is 0.145. The first-order valence-electron chi connectivity index (χ1n) is 17.9. The van der Waals surface area contributed by atoms with Crippen molar-refractivity contribution in [1.29, 1.82) is 0 Å². The van der Waals surface area contributed by atoms with Crippen molar-refractivity contribution in [2.75, 3.05) is 32.8 Å². The van der Waals surface area contributed by atoms with E-state index in [1.165, 1.54) is 161 Å². The summed E-state index contributed by atoms with van der Waals surface area (Å²) >= 11 is 0. The van der Waals surface area contributed by atoms with Crippen LogP contribution in [0.1, 0.15) is 188 Å². The first-order valence-corrected chi connectivity index (χ1v) is 19.4. The van der Waals surface area contributed by atoms with E-state index in [2.05, 4.69) is 25.7 Å². The summed E-state index contributed by atoms with van der Waals surface area (Å²) in [6.07, 6.45) is 33.0. The molecule has 1 atom stereocenters. The van der Waals surface area contributed by atoms with Crippen molar-refractivity contribution >= 4 is 7.82 Å². The van der Waals surface area contributed by atoms with Crippen LogP contribution < -0.4 is 0 Å². The molecule has 0 aliphatic rings. The molecule has 0 rings (SSSR count). The van der Waals surface area contributed by atoms with E-state index in [0.717, 1.165) is 25.7 Å². The van der Waals surface area contributed by atoms with Crippen LogP contribution in [-0.4, -0.2) is 42.6 Å². The summed E-state index contributed by atoms with van der Waals surface area (Å²) < 4.78 is 22.3. The highest BCUT2D eigenvalue weighted by molar-refractivity contribution is 7.47. The van der Waals surface area contributed by atoms with E-state index in [0.29, 0.717) is 13.2 Å². The Morgan fingerprint density at radius 2 is 0.675 bits per heavy atom. The van der Waals surface area contributed by atoms with Crippen molar-refractivity contribution in [2.24, 2.45) is 0 Å². The molecular weight excluding hydrogens is 517 g/mol. The molecule has 1 N–H and O–H groups in total. The van der Waals surface area contributed by atoms with E-state index in [4.69, 9.17) is 9.05 Å². The van der Waals surface area contributed by atoms with Gasteiger partial charge in [-0.25, -0.2) is 4.57 Å². The second-order valence-electron chi connectivity index (χ2n) is 12.1. The zero-order valence-corrected chi connectivity index (χ0v) is 28.4. The minimum Gasteiger partial charge on any atom is -0.303 e. The molecule has 6 heteroatoms. The summed E-state index contributed by atoms with van der Waals surface area (Å²) in [5.74, 6) is 0. The van der Waals surface area contributed by atoms with Crippen molar-refractivity contribution in [3.63, 3.8) is 0 Å². The zero-order valence-electron chi connectivity index (χ0n) is 27.5. The minimum atomic E-state index is -3.87. The van der Waals surface area contributed by atoms with Crippen LogP contribution in [0.25, 0.3) is 0 Å². The number of nitrogens with zero attached hydrogens (tertiary/aromatic N) is 1. The van der Waals surface area contributed by atoms with Gasteiger partial charge in [0.05, 0.1) is 13.2 Å². The molecule has 0 saturated heterocycles. The number of phosphoric acid groups is 1. The van der Waals surface area contributed by atoms with Crippen molar-refractivity contribution in [3.8, 4) is 0 Å². The van der Waals surface area contributed by atoms with Gasteiger partial charge in [-0.05, 0) is 51.7 Å². The fraction of sp³-hybridized carbons (Fsp3) is 1.00. The van der Waals surface area contributed by atoms with Gasteiger partial charge in [0.2, 0.25) is 0 Å². The van der Waals surface area contributed by atoms with Gasteiger partial charge in [0, 0.05) is 0 Å². The zero-order chi connectivity index (χ0) is 29.4. The first kappa shape index (κ1) is 40.1. The van der Waals surface area contributed by atoms with E-state index < -0.39 is 7.82 Å². The van der Waals surface area contributed by atoms with Crippen molar-refractivity contribution in [1.82, 2.24) is 4.90 Å². The van der Waals surface area contributed by atoms with Gasteiger partial charge in [-0.3, -0.25) is 9.05 Å². The topological polar surface area (TPSA) is 59.0 Å². The molecule has 40 heavy (non-hydrogen) atoms. The van der Waals surface area contributed by atoms with E-state index >= 15 is 0 Å². The second kappa shape index (κ2) is 32.0. The third-order valence-electron chi connectivity index (χ3n) is 8.03. The van der Waals surface area contributed by atoms with Crippen LogP contribution in [-0.2, 0) is 13.6 Å². The van der Waals surface area contributed by atoms with Crippen LogP contribution in [0.4, 0.5) is 0 Å². The van der Waals surface area contributed by atoms with E-state index in [-0.39, 0.29) is 0 Å². The number of unbranched alkanes of at least 4 members (excludes halogenated alkanes) is 22. The Morgan fingerprint density at radius 3 is 0.975 bits per heavy atom. The van der Waals surface area contributed by atoms with Crippen LogP contribution >= 0.6 is 7.82 Å². The second-order valence-corrected chi connectivity index (χ2v) is 13.6.